The van der Waals surface area contributed by atoms with Crippen LogP contribution in [0.15, 0.2) is 97.2 Å². The number of nitrogens with one attached hydrogen (secondary N) is 2. The van der Waals surface area contributed by atoms with E-state index in [1.165, 1.54) is 46.1 Å². The SMILES string of the molecule is Cc1cc(Oc2ccccc2F)ccc1-n1ncc(C(=O)c2cc3cc(OCC(F)F)c(N4C(=O)[C@@H]5CC(NC(=O)OCc6ccccc6)CN5C4=O)cc3[nH]2)c1N. The predicted molar refractivity (Wildman–Crippen MR) is 204 cm³/mol. The molecule has 4 N–H and O–H groups in total. The third-order valence-corrected chi connectivity index (χ3v) is 9.84. The first-order valence-corrected chi connectivity index (χ1v) is 18.1. The van der Waals surface area contributed by atoms with E-state index in [0.29, 0.717) is 27.9 Å². The zero-order chi connectivity index (χ0) is 40.7. The van der Waals surface area contributed by atoms with Gasteiger partial charge in [0.25, 0.3) is 12.3 Å². The molecule has 8 rings (SSSR count). The normalized spacial score (nSPS) is 16.3. The molecule has 2 fully saturated rings. The molecular formula is C41H34F3N7O7. The average molecular weight is 794 g/mol. The number of H-pyrrole nitrogens is 1. The molecule has 58 heavy (non-hydrogen) atoms. The fraction of sp³-hybridized carbons (Fsp3) is 0.195. The van der Waals surface area contributed by atoms with Crippen LogP contribution in [0.4, 0.5) is 34.3 Å². The predicted octanol–water partition coefficient (Wildman–Crippen LogP) is 6.89. The number of carbonyl (C=O) groups excluding carboxylic acids is 4. The van der Waals surface area contributed by atoms with Crippen molar-refractivity contribution in [3.05, 3.63) is 125 Å². The fourth-order valence-electron chi connectivity index (χ4n) is 7.08. The topological polar surface area (TPSA) is 174 Å². The first kappa shape index (κ1) is 37.6. The van der Waals surface area contributed by atoms with E-state index < -0.39 is 54.7 Å². The molecule has 4 amide bonds. The van der Waals surface area contributed by atoms with Crippen LogP contribution in [0, 0.1) is 12.7 Å². The van der Waals surface area contributed by atoms with Crippen molar-refractivity contribution in [2.45, 2.75) is 38.5 Å². The number of ketones is 1. The van der Waals surface area contributed by atoms with E-state index in [0.717, 1.165) is 10.5 Å². The Morgan fingerprint density at radius 3 is 2.50 bits per heavy atom. The highest BCUT2D eigenvalue weighted by Gasteiger charge is 2.52. The summed E-state index contributed by atoms with van der Waals surface area (Å²) in [5, 5.41) is 7.39. The van der Waals surface area contributed by atoms with Crippen LogP contribution in [-0.2, 0) is 16.1 Å². The summed E-state index contributed by atoms with van der Waals surface area (Å²) in [6, 6.07) is 22.0. The number of anilines is 2. The molecule has 0 bridgehead atoms. The maximum absolute atomic E-state index is 14.1. The van der Waals surface area contributed by atoms with Gasteiger partial charge in [0.05, 0.1) is 34.9 Å². The van der Waals surface area contributed by atoms with Crippen molar-refractivity contribution < 1.29 is 46.6 Å². The number of benzene rings is 4. The Bertz CT molecular complexity index is 2550. The largest absolute Gasteiger partial charge is 0.485 e. The minimum atomic E-state index is -2.87. The molecule has 0 spiro atoms. The van der Waals surface area contributed by atoms with Crippen molar-refractivity contribution in [1.29, 1.82) is 0 Å². The molecule has 17 heteroatoms. The van der Waals surface area contributed by atoms with Gasteiger partial charge >= 0.3 is 12.1 Å². The summed E-state index contributed by atoms with van der Waals surface area (Å²) in [7, 11) is 0. The van der Waals surface area contributed by atoms with Gasteiger partial charge in [-0.25, -0.2) is 32.3 Å². The molecule has 1 unspecified atom stereocenters. The number of hydrogen-bond acceptors (Lipinski definition) is 9. The molecular weight excluding hydrogens is 759 g/mol. The first-order chi connectivity index (χ1) is 27.9. The van der Waals surface area contributed by atoms with E-state index in [-0.39, 0.29) is 53.8 Å². The van der Waals surface area contributed by atoms with E-state index in [1.807, 2.05) is 18.2 Å². The number of hydrogen-bond donors (Lipinski definition) is 3. The van der Waals surface area contributed by atoms with Crippen molar-refractivity contribution in [2.75, 3.05) is 23.8 Å². The van der Waals surface area contributed by atoms with Gasteiger partial charge in [-0.2, -0.15) is 5.10 Å². The average Bonchev–Trinajstić information content (AvgIpc) is 3.97. The highest BCUT2D eigenvalue weighted by Crippen LogP contribution is 2.40. The smallest absolute Gasteiger partial charge is 0.407 e. The number of alkyl carbamates (subject to hydrolysis) is 1. The van der Waals surface area contributed by atoms with Gasteiger partial charge in [-0.05, 0) is 73.0 Å². The summed E-state index contributed by atoms with van der Waals surface area (Å²) in [4.78, 5) is 59.0. The van der Waals surface area contributed by atoms with Crippen LogP contribution in [0.3, 0.4) is 0 Å². The summed E-state index contributed by atoms with van der Waals surface area (Å²) in [6.07, 6.45) is -2.18. The molecule has 0 aliphatic carbocycles. The number of aromatic nitrogens is 3. The maximum atomic E-state index is 14.1. The van der Waals surface area contributed by atoms with Crippen LogP contribution < -0.4 is 25.4 Å². The van der Waals surface area contributed by atoms with E-state index in [9.17, 15) is 32.3 Å². The molecule has 0 radical (unpaired) electrons. The molecule has 2 saturated heterocycles. The van der Waals surface area contributed by atoms with Gasteiger partial charge < -0.3 is 35.1 Å². The quantitative estimate of drug-likeness (QED) is 0.0881. The number of halogens is 3. The molecule has 2 atom stereocenters. The van der Waals surface area contributed by atoms with E-state index in [2.05, 4.69) is 15.4 Å². The number of fused-ring (bicyclic) bond motifs is 2. The lowest BCUT2D eigenvalue weighted by atomic mass is 10.1. The number of carbonyl (C=O) groups is 4. The van der Waals surface area contributed by atoms with Crippen LogP contribution in [0.25, 0.3) is 16.6 Å². The summed E-state index contributed by atoms with van der Waals surface area (Å²) in [5.41, 5.74) is 8.72. The highest BCUT2D eigenvalue weighted by atomic mass is 19.3. The second-order valence-corrected chi connectivity index (χ2v) is 13.7. The summed E-state index contributed by atoms with van der Waals surface area (Å²) in [6.45, 7) is 0.786. The molecule has 14 nitrogen and oxygen atoms in total. The monoisotopic (exact) mass is 793 g/mol. The molecule has 6 aromatic rings. The molecule has 0 saturated carbocycles. The zero-order valence-electron chi connectivity index (χ0n) is 30.7. The molecule has 296 valence electrons. The van der Waals surface area contributed by atoms with Gasteiger partial charge in [0.2, 0.25) is 5.78 Å². The van der Waals surface area contributed by atoms with E-state index >= 15 is 0 Å². The van der Waals surface area contributed by atoms with Crippen molar-refractivity contribution in [1.82, 2.24) is 25.0 Å². The van der Waals surface area contributed by atoms with Crippen molar-refractivity contribution in [3.8, 4) is 22.9 Å². The third kappa shape index (κ3) is 7.24. The number of rotatable bonds is 12. The molecule has 2 aromatic heterocycles. The van der Waals surface area contributed by atoms with Gasteiger partial charge in [0.15, 0.2) is 11.6 Å². The Kier molecular flexibility index (Phi) is 9.94. The van der Waals surface area contributed by atoms with Crippen LogP contribution in [0.5, 0.6) is 17.2 Å². The summed E-state index contributed by atoms with van der Waals surface area (Å²) < 4.78 is 58.6. The van der Waals surface area contributed by atoms with Crippen LogP contribution in [-0.4, -0.2) is 75.1 Å². The number of amides is 4. The highest BCUT2D eigenvalue weighted by molar-refractivity contribution is 6.23. The Morgan fingerprint density at radius 2 is 1.76 bits per heavy atom. The number of urea groups is 1. The molecule has 4 heterocycles. The van der Waals surface area contributed by atoms with Crippen LogP contribution in [0.2, 0.25) is 0 Å². The van der Waals surface area contributed by atoms with Crippen molar-refractivity contribution in [2.24, 2.45) is 0 Å². The Balaban J connectivity index is 1.01. The van der Waals surface area contributed by atoms with Crippen LogP contribution >= 0.6 is 0 Å². The van der Waals surface area contributed by atoms with Crippen molar-refractivity contribution >= 4 is 46.2 Å². The Morgan fingerprint density at radius 1 is 0.983 bits per heavy atom. The number of ether oxygens (including phenoxy) is 3. The molecule has 4 aromatic carbocycles. The number of aromatic amines is 1. The van der Waals surface area contributed by atoms with Gasteiger partial charge in [-0.3, -0.25) is 9.59 Å². The summed E-state index contributed by atoms with van der Waals surface area (Å²) >= 11 is 0. The second kappa shape index (κ2) is 15.3. The third-order valence-electron chi connectivity index (χ3n) is 9.84. The lowest BCUT2D eigenvalue weighted by Gasteiger charge is -2.21. The first-order valence-electron chi connectivity index (χ1n) is 18.1. The molecule has 2 aliphatic rings. The minimum absolute atomic E-state index is 0.00300. The van der Waals surface area contributed by atoms with E-state index in [4.69, 9.17) is 19.9 Å². The zero-order valence-corrected chi connectivity index (χ0v) is 30.7. The second-order valence-electron chi connectivity index (χ2n) is 13.7. The number of imide groups is 1. The standard InChI is InChI=1S/C41H34F3N7O7/c1-22-13-26(58-34-10-6-5-9-28(34)42)11-12-31(22)51-38(45)27(18-46-51)37(52)30-14-24-15-35(56-21-36(43)44)32(17-29(24)48-30)50-39(53)33-16-25(19-49(33)41(50)55)47-40(54)57-20-23-7-3-2-4-8-23/h2-15,17-18,25,33,36,48H,16,19-21,45H2,1H3,(H,47,54)/t25?,33-/m0/s1. The number of alkyl halides is 2. The number of aryl methyl sites for hydroxylation is 1. The Labute approximate surface area is 327 Å². The lowest BCUT2D eigenvalue weighted by molar-refractivity contribution is -0.119. The van der Waals surface area contributed by atoms with E-state index in [1.54, 1.807) is 49.4 Å². The number of nitrogen functional groups attached to an aromatic ring is 1. The van der Waals surface area contributed by atoms with Gasteiger partial charge in [-0.15, -0.1) is 0 Å². The van der Waals surface area contributed by atoms with Gasteiger partial charge in [0.1, 0.15) is 36.6 Å². The van der Waals surface area contributed by atoms with Crippen molar-refractivity contribution in [3.63, 3.8) is 0 Å². The Hall–Kier alpha value is -7.30. The van der Waals surface area contributed by atoms with Gasteiger partial charge in [0, 0.05) is 17.4 Å². The maximum Gasteiger partial charge on any atom is 0.407 e. The van der Waals surface area contributed by atoms with Gasteiger partial charge in [-0.1, -0.05) is 42.5 Å². The fourth-order valence-corrected chi connectivity index (χ4v) is 7.08. The van der Waals surface area contributed by atoms with Crippen LogP contribution in [0.1, 0.15) is 33.6 Å². The number of nitrogens with two attached hydrogens (primary N) is 1. The minimum Gasteiger partial charge on any atom is -0.485 e. The molecule has 2 aliphatic heterocycles. The lowest BCUT2D eigenvalue weighted by Crippen LogP contribution is -2.41. The number of para-hydroxylation sites is 1. The summed E-state index contributed by atoms with van der Waals surface area (Å²) in [5.74, 6) is -1.45. The number of nitrogens with zero attached hydrogens (tertiary/aromatic N) is 4.